The van der Waals surface area contributed by atoms with E-state index in [9.17, 15) is 31.1 Å². The van der Waals surface area contributed by atoms with Crippen molar-refractivity contribution in [1.29, 1.82) is 0 Å². The summed E-state index contributed by atoms with van der Waals surface area (Å²) < 4.78 is 70.3. The molecule has 25 heavy (non-hydrogen) atoms. The molecule has 13 heteroatoms. The standard InChI is InChI=1S/C10H13F3N4O.C2HF3O2/c1-17-9(18)7(10(11,12)13)4-8(16-17)15-6-2-5(14)3-6;3-2(4,5)1(6)7/h4-6H,2-3,14H2,1H3,(H,15,16);(H,6,7). The summed E-state index contributed by atoms with van der Waals surface area (Å²) in [7, 11) is 1.19. The lowest BCUT2D eigenvalue weighted by molar-refractivity contribution is -0.192. The third kappa shape index (κ3) is 5.92. The molecule has 0 atom stereocenters. The number of carboxylic acids is 1. The van der Waals surface area contributed by atoms with Crippen molar-refractivity contribution in [2.24, 2.45) is 12.8 Å². The number of nitrogens with two attached hydrogens (primary N) is 1. The quantitative estimate of drug-likeness (QED) is 0.672. The van der Waals surface area contributed by atoms with Gasteiger partial charge >= 0.3 is 18.3 Å². The summed E-state index contributed by atoms with van der Waals surface area (Å²) in [5.41, 5.74) is 3.21. The van der Waals surface area contributed by atoms with Crippen molar-refractivity contribution in [1.82, 2.24) is 9.78 Å². The molecule has 2 rings (SSSR count). The van der Waals surface area contributed by atoms with Gasteiger partial charge in [0.15, 0.2) is 0 Å². The van der Waals surface area contributed by atoms with Crippen molar-refractivity contribution in [3.05, 3.63) is 22.0 Å². The zero-order valence-electron chi connectivity index (χ0n) is 12.6. The molecule has 0 spiro atoms. The van der Waals surface area contributed by atoms with Gasteiger partial charge in [0, 0.05) is 25.2 Å². The van der Waals surface area contributed by atoms with Crippen LogP contribution in [0.5, 0.6) is 0 Å². The molecule has 1 aliphatic carbocycles. The number of hydrogen-bond acceptors (Lipinski definition) is 5. The number of aliphatic carboxylic acids is 1. The van der Waals surface area contributed by atoms with Crippen LogP contribution in [0.4, 0.5) is 32.2 Å². The molecule has 0 unspecified atom stereocenters. The molecule has 0 aromatic carbocycles. The third-order valence-electron chi connectivity index (χ3n) is 3.14. The minimum atomic E-state index is -5.08. The second kappa shape index (κ2) is 7.29. The van der Waals surface area contributed by atoms with Crippen LogP contribution in [0.25, 0.3) is 0 Å². The van der Waals surface area contributed by atoms with E-state index in [1.165, 1.54) is 7.05 Å². The highest BCUT2D eigenvalue weighted by molar-refractivity contribution is 5.73. The van der Waals surface area contributed by atoms with Gasteiger partial charge < -0.3 is 16.2 Å². The van der Waals surface area contributed by atoms with Crippen molar-refractivity contribution >= 4 is 11.8 Å². The third-order valence-corrected chi connectivity index (χ3v) is 3.14. The molecule has 0 saturated heterocycles. The molecular weight excluding hydrogens is 362 g/mol. The lowest BCUT2D eigenvalue weighted by atomic mass is 9.88. The molecule has 1 aromatic rings. The summed E-state index contributed by atoms with van der Waals surface area (Å²) in [6.45, 7) is 0. The Morgan fingerprint density at radius 1 is 1.32 bits per heavy atom. The van der Waals surface area contributed by atoms with E-state index in [1.54, 1.807) is 0 Å². The second-order valence-corrected chi connectivity index (χ2v) is 5.25. The van der Waals surface area contributed by atoms with Gasteiger partial charge in [0.2, 0.25) is 0 Å². The van der Waals surface area contributed by atoms with E-state index >= 15 is 0 Å². The lowest BCUT2D eigenvalue weighted by Gasteiger charge is -2.33. The van der Waals surface area contributed by atoms with E-state index in [2.05, 4.69) is 10.4 Å². The Labute approximate surface area is 136 Å². The Bertz CT molecular complexity index is 679. The fraction of sp³-hybridized carbons (Fsp3) is 0.583. The number of aromatic nitrogens is 2. The Hall–Kier alpha value is -2.31. The molecule has 0 aliphatic heterocycles. The number of rotatable bonds is 2. The fourth-order valence-corrected chi connectivity index (χ4v) is 1.87. The van der Waals surface area contributed by atoms with E-state index in [4.69, 9.17) is 15.6 Å². The van der Waals surface area contributed by atoms with Gasteiger partial charge in [-0.3, -0.25) is 4.79 Å². The largest absolute Gasteiger partial charge is 0.490 e. The van der Waals surface area contributed by atoms with Gasteiger partial charge in [-0.2, -0.15) is 31.4 Å². The highest BCUT2D eigenvalue weighted by Crippen LogP contribution is 2.28. The van der Waals surface area contributed by atoms with Crippen molar-refractivity contribution in [2.45, 2.75) is 37.3 Å². The number of nitrogens with zero attached hydrogens (tertiary/aromatic N) is 2. The first-order chi connectivity index (χ1) is 11.2. The summed E-state index contributed by atoms with van der Waals surface area (Å²) >= 11 is 0. The molecule has 0 bridgehead atoms. The second-order valence-electron chi connectivity index (χ2n) is 5.25. The Balaban J connectivity index is 0.000000381. The summed E-state index contributed by atoms with van der Waals surface area (Å²) in [5, 5.41) is 13.7. The monoisotopic (exact) mass is 376 g/mol. The number of carbonyl (C=O) groups is 1. The SMILES string of the molecule is Cn1nc(NC2CC(N)C2)cc(C(F)(F)F)c1=O.O=C(O)C(F)(F)F. The van der Waals surface area contributed by atoms with Crippen LogP contribution in [0.2, 0.25) is 0 Å². The first kappa shape index (κ1) is 20.7. The van der Waals surface area contributed by atoms with Crippen LogP contribution in [0.3, 0.4) is 0 Å². The van der Waals surface area contributed by atoms with Gasteiger partial charge in [-0.05, 0) is 12.8 Å². The number of aryl methyl sites for hydroxylation is 1. The lowest BCUT2D eigenvalue weighted by Crippen LogP contribution is -2.45. The van der Waals surface area contributed by atoms with E-state index in [0.29, 0.717) is 17.5 Å². The number of halogens is 6. The van der Waals surface area contributed by atoms with Gasteiger partial charge in [0.25, 0.3) is 5.56 Å². The molecule has 1 fully saturated rings. The first-order valence-electron chi connectivity index (χ1n) is 6.69. The molecule has 0 amide bonds. The Morgan fingerprint density at radius 2 is 1.80 bits per heavy atom. The molecule has 4 N–H and O–H groups in total. The molecule has 1 heterocycles. The minimum Gasteiger partial charge on any atom is -0.475 e. The molecule has 7 nitrogen and oxygen atoms in total. The maximum Gasteiger partial charge on any atom is 0.490 e. The topological polar surface area (TPSA) is 110 Å². The highest BCUT2D eigenvalue weighted by Gasteiger charge is 2.38. The Morgan fingerprint density at radius 3 is 2.16 bits per heavy atom. The number of alkyl halides is 6. The van der Waals surface area contributed by atoms with Crippen LogP contribution in [0.15, 0.2) is 10.9 Å². The van der Waals surface area contributed by atoms with Gasteiger partial charge in [0.05, 0.1) is 0 Å². The van der Waals surface area contributed by atoms with E-state index < -0.39 is 29.4 Å². The van der Waals surface area contributed by atoms with E-state index in [1.807, 2.05) is 0 Å². The van der Waals surface area contributed by atoms with Crippen LogP contribution in [0, 0.1) is 0 Å². The van der Waals surface area contributed by atoms with Crippen LogP contribution in [-0.4, -0.2) is 39.1 Å². The number of hydrogen-bond donors (Lipinski definition) is 3. The molecular formula is C12H14F6N4O3. The van der Waals surface area contributed by atoms with Crippen LogP contribution < -0.4 is 16.6 Å². The summed E-state index contributed by atoms with van der Waals surface area (Å²) in [6.07, 6.45) is -8.39. The molecule has 0 radical (unpaired) electrons. The van der Waals surface area contributed by atoms with Crippen LogP contribution in [-0.2, 0) is 18.0 Å². The van der Waals surface area contributed by atoms with E-state index in [-0.39, 0.29) is 17.9 Å². The van der Waals surface area contributed by atoms with Crippen molar-refractivity contribution in [3.63, 3.8) is 0 Å². The van der Waals surface area contributed by atoms with Gasteiger partial charge in [0.1, 0.15) is 11.4 Å². The fourth-order valence-electron chi connectivity index (χ4n) is 1.87. The van der Waals surface area contributed by atoms with Crippen molar-refractivity contribution < 1.29 is 36.2 Å². The predicted molar refractivity (Wildman–Crippen MR) is 72.8 cm³/mol. The maximum atomic E-state index is 12.6. The zero-order chi connectivity index (χ0) is 19.6. The summed E-state index contributed by atoms with van der Waals surface area (Å²) in [5.74, 6) is -2.71. The van der Waals surface area contributed by atoms with Crippen molar-refractivity contribution in [3.8, 4) is 0 Å². The number of carboxylic acid groups (broad SMARTS) is 1. The average molecular weight is 376 g/mol. The van der Waals surface area contributed by atoms with E-state index in [0.717, 1.165) is 6.07 Å². The van der Waals surface area contributed by atoms with Gasteiger partial charge in [-0.25, -0.2) is 9.48 Å². The average Bonchev–Trinajstić information content (AvgIpc) is 2.39. The van der Waals surface area contributed by atoms with Crippen LogP contribution >= 0.6 is 0 Å². The van der Waals surface area contributed by atoms with Gasteiger partial charge in [-0.15, -0.1) is 0 Å². The number of anilines is 1. The number of nitrogens with one attached hydrogen (secondary N) is 1. The van der Waals surface area contributed by atoms with Crippen LogP contribution in [0.1, 0.15) is 18.4 Å². The Kier molecular flexibility index (Phi) is 6.05. The minimum absolute atomic E-state index is 0.0195. The molecule has 1 aromatic heterocycles. The molecule has 142 valence electrons. The molecule has 1 aliphatic rings. The highest BCUT2D eigenvalue weighted by atomic mass is 19.4. The normalized spacial score (nSPS) is 20.2. The van der Waals surface area contributed by atoms with Gasteiger partial charge in [-0.1, -0.05) is 0 Å². The maximum absolute atomic E-state index is 12.6. The first-order valence-corrected chi connectivity index (χ1v) is 6.69. The summed E-state index contributed by atoms with van der Waals surface area (Å²) in [6, 6.07) is 0.842. The summed E-state index contributed by atoms with van der Waals surface area (Å²) in [4.78, 5) is 20.2. The van der Waals surface area contributed by atoms with Crippen molar-refractivity contribution in [2.75, 3.05) is 5.32 Å². The predicted octanol–water partition coefficient (Wildman–Crippen LogP) is 1.33. The smallest absolute Gasteiger partial charge is 0.475 e. The molecule has 1 saturated carbocycles. The zero-order valence-corrected chi connectivity index (χ0v) is 12.6.